The fourth-order valence-corrected chi connectivity index (χ4v) is 4.73. The van der Waals surface area contributed by atoms with Gasteiger partial charge >= 0.3 is 0 Å². The maximum atomic E-state index is 12.6. The number of carbonyl (C=O) groups is 1. The third-order valence-corrected chi connectivity index (χ3v) is 6.72. The van der Waals surface area contributed by atoms with Gasteiger partial charge in [-0.05, 0) is 50.3 Å². The summed E-state index contributed by atoms with van der Waals surface area (Å²) in [7, 11) is -3.24. The molecule has 1 aromatic rings. The molecule has 2 heterocycles. The van der Waals surface area contributed by atoms with E-state index in [9.17, 15) is 13.2 Å². The maximum absolute atomic E-state index is 12.6. The summed E-state index contributed by atoms with van der Waals surface area (Å²) in [6.07, 6.45) is 5.17. The molecule has 2 aliphatic heterocycles. The summed E-state index contributed by atoms with van der Waals surface area (Å²) in [5.74, 6) is -0.334. The molecule has 0 saturated carbocycles. The lowest BCUT2D eigenvalue weighted by Crippen LogP contribution is -2.45. The van der Waals surface area contributed by atoms with Crippen LogP contribution in [-0.4, -0.2) is 51.1 Å². The van der Waals surface area contributed by atoms with Gasteiger partial charge in [0.25, 0.3) is 0 Å². The van der Waals surface area contributed by atoms with Crippen molar-refractivity contribution in [3.05, 3.63) is 29.8 Å². The van der Waals surface area contributed by atoms with E-state index >= 15 is 0 Å². The van der Waals surface area contributed by atoms with E-state index in [0.29, 0.717) is 6.54 Å². The van der Waals surface area contributed by atoms with Crippen LogP contribution in [0.25, 0.3) is 0 Å². The highest BCUT2D eigenvalue weighted by Crippen LogP contribution is 2.24. The molecule has 2 atom stereocenters. The molecular weight excluding hydrogens is 350 g/mol. The fraction of sp³-hybridized carbons (Fsp3) is 0.632. The average Bonchev–Trinajstić information content (AvgIpc) is 3.16. The fourth-order valence-electron chi connectivity index (χ4n) is 3.82. The SMILES string of the molecule is C[C@@H](NC(=O)[C@H]1CCCN(S(C)(=O)=O)C1)c1ccc(N2CCCC2)cc1. The van der Waals surface area contributed by atoms with Crippen LogP contribution in [0.2, 0.25) is 0 Å². The van der Waals surface area contributed by atoms with Crippen molar-refractivity contribution in [2.24, 2.45) is 5.92 Å². The predicted octanol–water partition coefficient (Wildman–Crippen LogP) is 2.14. The quantitative estimate of drug-likeness (QED) is 0.851. The Morgan fingerprint density at radius 1 is 1.12 bits per heavy atom. The van der Waals surface area contributed by atoms with Crippen molar-refractivity contribution in [2.75, 3.05) is 37.3 Å². The van der Waals surface area contributed by atoms with E-state index in [0.717, 1.165) is 31.5 Å². The Labute approximate surface area is 156 Å². The van der Waals surface area contributed by atoms with Crippen molar-refractivity contribution < 1.29 is 13.2 Å². The molecule has 1 N–H and O–H groups in total. The van der Waals surface area contributed by atoms with Gasteiger partial charge in [0.05, 0.1) is 18.2 Å². The normalized spacial score (nSPS) is 23.0. The summed E-state index contributed by atoms with van der Waals surface area (Å²) in [4.78, 5) is 15.0. The van der Waals surface area contributed by atoms with Crippen LogP contribution in [-0.2, 0) is 14.8 Å². The Balaban J connectivity index is 1.58. The molecule has 0 radical (unpaired) electrons. The number of nitrogens with one attached hydrogen (secondary N) is 1. The van der Waals surface area contributed by atoms with E-state index in [4.69, 9.17) is 0 Å². The van der Waals surface area contributed by atoms with Crippen molar-refractivity contribution in [1.29, 1.82) is 0 Å². The van der Waals surface area contributed by atoms with Gasteiger partial charge in [-0.3, -0.25) is 4.79 Å². The van der Waals surface area contributed by atoms with Crippen molar-refractivity contribution in [1.82, 2.24) is 9.62 Å². The molecule has 3 rings (SSSR count). The molecule has 144 valence electrons. The third-order valence-electron chi connectivity index (χ3n) is 5.45. The molecule has 7 heteroatoms. The minimum absolute atomic E-state index is 0.0607. The monoisotopic (exact) mass is 379 g/mol. The highest BCUT2D eigenvalue weighted by Gasteiger charge is 2.30. The molecule has 2 saturated heterocycles. The Bertz CT molecular complexity index is 727. The van der Waals surface area contributed by atoms with Gasteiger partial charge in [0.2, 0.25) is 15.9 Å². The van der Waals surface area contributed by atoms with E-state index in [1.807, 2.05) is 6.92 Å². The van der Waals surface area contributed by atoms with Crippen molar-refractivity contribution in [2.45, 2.75) is 38.6 Å². The Hall–Kier alpha value is -1.60. The van der Waals surface area contributed by atoms with Gasteiger partial charge in [0.1, 0.15) is 0 Å². The number of anilines is 1. The van der Waals surface area contributed by atoms with Crippen LogP contribution >= 0.6 is 0 Å². The van der Waals surface area contributed by atoms with Crippen LogP contribution in [0.3, 0.4) is 0 Å². The first-order chi connectivity index (χ1) is 12.3. The van der Waals surface area contributed by atoms with Crippen molar-refractivity contribution in [3.8, 4) is 0 Å². The Morgan fingerprint density at radius 3 is 2.38 bits per heavy atom. The summed E-state index contributed by atoms with van der Waals surface area (Å²) in [5, 5.41) is 3.05. The van der Waals surface area contributed by atoms with Crippen LogP contribution in [0.15, 0.2) is 24.3 Å². The van der Waals surface area contributed by atoms with Crippen LogP contribution in [0.5, 0.6) is 0 Å². The lowest BCUT2D eigenvalue weighted by molar-refractivity contribution is -0.126. The molecule has 2 aliphatic rings. The van der Waals surface area contributed by atoms with Crippen molar-refractivity contribution >= 4 is 21.6 Å². The van der Waals surface area contributed by atoms with Crippen LogP contribution in [0, 0.1) is 5.92 Å². The maximum Gasteiger partial charge on any atom is 0.224 e. The molecule has 0 unspecified atom stereocenters. The van der Waals surface area contributed by atoms with Gasteiger partial charge in [0.15, 0.2) is 0 Å². The van der Waals surface area contributed by atoms with Gasteiger partial charge in [-0.1, -0.05) is 12.1 Å². The Kier molecular flexibility index (Phi) is 5.87. The first-order valence-corrected chi connectivity index (χ1v) is 11.3. The Morgan fingerprint density at radius 2 is 1.77 bits per heavy atom. The van der Waals surface area contributed by atoms with Gasteiger partial charge < -0.3 is 10.2 Å². The van der Waals surface area contributed by atoms with E-state index < -0.39 is 10.0 Å². The van der Waals surface area contributed by atoms with Gasteiger partial charge in [-0.25, -0.2) is 12.7 Å². The van der Waals surface area contributed by atoms with Gasteiger partial charge in [-0.2, -0.15) is 0 Å². The zero-order valence-corrected chi connectivity index (χ0v) is 16.5. The predicted molar refractivity (Wildman–Crippen MR) is 104 cm³/mol. The number of nitrogens with zero attached hydrogens (tertiary/aromatic N) is 2. The molecule has 0 aromatic heterocycles. The lowest BCUT2D eigenvalue weighted by atomic mass is 9.98. The summed E-state index contributed by atoms with van der Waals surface area (Å²) >= 11 is 0. The molecule has 0 bridgehead atoms. The highest BCUT2D eigenvalue weighted by molar-refractivity contribution is 7.88. The standard InChI is InChI=1S/C19H29N3O3S/c1-15(16-7-9-18(10-8-16)21-11-3-4-12-21)20-19(23)17-6-5-13-22(14-17)26(2,24)25/h7-10,15,17H,3-6,11-14H2,1-2H3,(H,20,23)/t15-,17+/m1/s1. The summed E-state index contributed by atoms with van der Waals surface area (Å²) in [6, 6.07) is 8.29. The molecule has 2 fully saturated rings. The molecule has 1 amide bonds. The van der Waals surface area contributed by atoms with E-state index in [1.165, 1.54) is 29.1 Å². The number of hydrogen-bond donors (Lipinski definition) is 1. The van der Waals surface area contributed by atoms with E-state index in [1.54, 1.807) is 0 Å². The molecule has 1 aromatic carbocycles. The number of amides is 1. The number of benzene rings is 1. The first-order valence-electron chi connectivity index (χ1n) is 9.45. The van der Waals surface area contributed by atoms with Crippen molar-refractivity contribution in [3.63, 3.8) is 0 Å². The number of rotatable bonds is 5. The average molecular weight is 380 g/mol. The second-order valence-corrected chi connectivity index (χ2v) is 9.46. The molecule has 26 heavy (non-hydrogen) atoms. The minimum Gasteiger partial charge on any atom is -0.372 e. The van der Waals surface area contributed by atoms with Gasteiger partial charge in [0, 0.05) is 31.9 Å². The van der Waals surface area contributed by atoms with Crippen LogP contribution < -0.4 is 10.2 Å². The lowest BCUT2D eigenvalue weighted by Gasteiger charge is -2.31. The summed E-state index contributed by atoms with van der Waals surface area (Å²) in [6.45, 7) is 5.00. The number of sulfonamides is 1. The largest absolute Gasteiger partial charge is 0.372 e. The third kappa shape index (κ3) is 4.57. The zero-order valence-electron chi connectivity index (χ0n) is 15.6. The smallest absolute Gasteiger partial charge is 0.224 e. The molecule has 0 spiro atoms. The molecular formula is C19H29N3O3S. The van der Waals surface area contributed by atoms with Crippen LogP contribution in [0.4, 0.5) is 5.69 Å². The summed E-state index contributed by atoms with van der Waals surface area (Å²) in [5.41, 5.74) is 2.30. The second kappa shape index (κ2) is 7.96. The first kappa shape index (κ1) is 19.2. The highest BCUT2D eigenvalue weighted by atomic mass is 32.2. The van der Waals surface area contributed by atoms with Gasteiger partial charge in [-0.15, -0.1) is 0 Å². The van der Waals surface area contributed by atoms with E-state index in [-0.39, 0.29) is 24.4 Å². The topological polar surface area (TPSA) is 69.7 Å². The van der Waals surface area contributed by atoms with E-state index in [2.05, 4.69) is 34.5 Å². The van der Waals surface area contributed by atoms with Crippen LogP contribution in [0.1, 0.15) is 44.2 Å². The molecule has 0 aliphatic carbocycles. The minimum atomic E-state index is -3.24. The summed E-state index contributed by atoms with van der Waals surface area (Å²) < 4.78 is 24.9. The zero-order chi connectivity index (χ0) is 18.7. The number of piperidine rings is 1. The number of hydrogen-bond acceptors (Lipinski definition) is 4. The second-order valence-electron chi connectivity index (χ2n) is 7.48. The number of carbonyl (C=O) groups excluding carboxylic acids is 1. The molecule has 6 nitrogen and oxygen atoms in total.